The molecule has 0 bridgehead atoms. The molecule has 2 aromatic rings. The molecule has 0 saturated carbocycles. The van der Waals surface area contributed by atoms with Gasteiger partial charge in [-0.05, 0) is 12.1 Å². The zero-order chi connectivity index (χ0) is 15.1. The average Bonchev–Trinajstić information content (AvgIpc) is 3.00. The summed E-state index contributed by atoms with van der Waals surface area (Å²) in [6.45, 7) is 0.206. The predicted molar refractivity (Wildman–Crippen MR) is 79.9 cm³/mol. The maximum Gasteiger partial charge on any atom is 0.233 e. The number of ketones is 2. The van der Waals surface area contributed by atoms with Crippen LogP contribution in [0.25, 0.3) is 5.70 Å². The summed E-state index contributed by atoms with van der Waals surface area (Å²) in [7, 11) is 0. The molecule has 22 heavy (non-hydrogen) atoms. The number of carbonyl (C=O) groups is 2. The minimum atomic E-state index is -0.526. The molecule has 1 N–H and O–H groups in total. The van der Waals surface area contributed by atoms with Crippen molar-refractivity contribution in [3.63, 3.8) is 0 Å². The van der Waals surface area contributed by atoms with Crippen molar-refractivity contribution < 1.29 is 19.1 Å². The Bertz CT molecular complexity index is 838. The van der Waals surface area contributed by atoms with E-state index in [1.165, 1.54) is 6.08 Å². The van der Waals surface area contributed by atoms with Gasteiger partial charge in [-0.25, -0.2) is 0 Å². The van der Waals surface area contributed by atoms with E-state index in [2.05, 4.69) is 5.32 Å². The smallest absolute Gasteiger partial charge is 0.233 e. The van der Waals surface area contributed by atoms with Gasteiger partial charge in [0.2, 0.25) is 18.4 Å². The molecule has 5 heteroatoms. The number of nitrogens with one attached hydrogen (secondary N) is 1. The van der Waals surface area contributed by atoms with Crippen molar-refractivity contribution >= 4 is 23.0 Å². The van der Waals surface area contributed by atoms with Crippen LogP contribution in [0.1, 0.15) is 15.9 Å². The third kappa shape index (κ3) is 1.95. The highest BCUT2D eigenvalue weighted by Crippen LogP contribution is 2.35. The first kappa shape index (κ1) is 12.6. The predicted octanol–water partition coefficient (Wildman–Crippen LogP) is 2.63. The summed E-state index contributed by atoms with van der Waals surface area (Å²) < 4.78 is 10.6. The van der Waals surface area contributed by atoms with Gasteiger partial charge in [-0.2, -0.15) is 0 Å². The zero-order valence-corrected chi connectivity index (χ0v) is 11.5. The largest absolute Gasteiger partial charge is 0.454 e. The first-order chi connectivity index (χ1) is 10.7. The number of rotatable bonds is 2. The molecule has 4 rings (SSSR count). The number of Topliss-reactive ketones (excluding diaryl/α,β-unsaturated/α-hetero) is 1. The Hall–Kier alpha value is -3.08. The molecule has 2 aliphatic rings. The number of anilines is 1. The van der Waals surface area contributed by atoms with Gasteiger partial charge in [0.25, 0.3) is 0 Å². The van der Waals surface area contributed by atoms with Crippen LogP contribution in [0, 0.1) is 0 Å². The quantitative estimate of drug-likeness (QED) is 0.862. The van der Waals surface area contributed by atoms with Crippen LogP contribution in [0.2, 0.25) is 0 Å². The van der Waals surface area contributed by atoms with E-state index < -0.39 is 11.6 Å². The fourth-order valence-corrected chi connectivity index (χ4v) is 2.56. The molecule has 0 fully saturated rings. The molecule has 2 aromatic carbocycles. The second kappa shape index (κ2) is 4.73. The standard InChI is InChI=1S/C17H11NO4/c19-14-8-13(11-3-1-2-4-12(11)17(14)20)18-10-5-6-15-16(7-10)22-9-21-15/h1-8,18H,9H2. The summed E-state index contributed by atoms with van der Waals surface area (Å²) >= 11 is 0. The SMILES string of the molecule is O=C1C=C(Nc2ccc3c(c2)OCO3)c2ccccc2C1=O. The second-order valence-corrected chi connectivity index (χ2v) is 4.99. The highest BCUT2D eigenvalue weighted by atomic mass is 16.7. The fourth-order valence-electron chi connectivity index (χ4n) is 2.56. The number of fused-ring (bicyclic) bond motifs is 2. The highest BCUT2D eigenvalue weighted by molar-refractivity contribution is 6.50. The summed E-state index contributed by atoms with van der Waals surface area (Å²) in [5, 5.41) is 3.17. The Kier molecular flexibility index (Phi) is 2.72. The monoisotopic (exact) mass is 293 g/mol. The number of carbonyl (C=O) groups excluding carboxylic acids is 2. The first-order valence-electron chi connectivity index (χ1n) is 6.79. The molecule has 1 aliphatic heterocycles. The van der Waals surface area contributed by atoms with Crippen molar-refractivity contribution in [2.45, 2.75) is 0 Å². The molecule has 0 atom stereocenters. The van der Waals surface area contributed by atoms with Gasteiger partial charge >= 0.3 is 0 Å². The Morgan fingerprint density at radius 3 is 2.55 bits per heavy atom. The van der Waals surface area contributed by atoms with Crippen LogP contribution in [0.4, 0.5) is 5.69 Å². The van der Waals surface area contributed by atoms with Crippen LogP contribution in [0.3, 0.4) is 0 Å². The number of benzene rings is 2. The maximum atomic E-state index is 11.9. The lowest BCUT2D eigenvalue weighted by Gasteiger charge is -2.17. The average molecular weight is 293 g/mol. The molecule has 0 aromatic heterocycles. The molecule has 0 spiro atoms. The Morgan fingerprint density at radius 1 is 0.909 bits per heavy atom. The molecular weight excluding hydrogens is 282 g/mol. The van der Waals surface area contributed by atoms with E-state index in [1.807, 2.05) is 18.2 Å². The van der Waals surface area contributed by atoms with Crippen molar-refractivity contribution in [3.8, 4) is 11.5 Å². The minimum Gasteiger partial charge on any atom is -0.454 e. The van der Waals surface area contributed by atoms with Gasteiger partial charge in [-0.3, -0.25) is 9.59 Å². The third-order valence-corrected chi connectivity index (χ3v) is 3.61. The van der Waals surface area contributed by atoms with Crippen LogP contribution in [0.5, 0.6) is 11.5 Å². The van der Waals surface area contributed by atoms with Crippen molar-refractivity contribution in [2.75, 3.05) is 12.1 Å². The van der Waals surface area contributed by atoms with Crippen LogP contribution < -0.4 is 14.8 Å². The summed E-state index contributed by atoms with van der Waals surface area (Å²) in [5.74, 6) is 0.334. The van der Waals surface area contributed by atoms with Crippen LogP contribution in [-0.2, 0) is 4.79 Å². The van der Waals surface area contributed by atoms with E-state index in [0.717, 1.165) is 5.69 Å². The van der Waals surface area contributed by atoms with Gasteiger partial charge < -0.3 is 14.8 Å². The van der Waals surface area contributed by atoms with Crippen LogP contribution >= 0.6 is 0 Å². The number of allylic oxidation sites excluding steroid dienone is 1. The van der Waals surface area contributed by atoms with E-state index in [1.54, 1.807) is 24.3 Å². The van der Waals surface area contributed by atoms with Crippen molar-refractivity contribution in [1.29, 1.82) is 0 Å². The molecular formula is C17H11NO4. The molecule has 0 radical (unpaired) electrons. The number of hydrogen-bond acceptors (Lipinski definition) is 5. The second-order valence-electron chi connectivity index (χ2n) is 4.99. The highest BCUT2D eigenvalue weighted by Gasteiger charge is 2.25. The topological polar surface area (TPSA) is 64.6 Å². The Labute approximate surface area is 126 Å². The summed E-state index contributed by atoms with van der Waals surface area (Å²) in [5.41, 5.74) is 2.48. The molecule has 1 heterocycles. The Morgan fingerprint density at radius 2 is 1.68 bits per heavy atom. The van der Waals surface area contributed by atoms with E-state index in [0.29, 0.717) is 28.3 Å². The molecule has 5 nitrogen and oxygen atoms in total. The van der Waals surface area contributed by atoms with Gasteiger partial charge in [0, 0.05) is 29.0 Å². The minimum absolute atomic E-state index is 0.206. The molecule has 1 aliphatic carbocycles. The van der Waals surface area contributed by atoms with Gasteiger partial charge in [-0.15, -0.1) is 0 Å². The molecule has 0 unspecified atom stereocenters. The van der Waals surface area contributed by atoms with Crippen molar-refractivity contribution in [3.05, 3.63) is 59.7 Å². The van der Waals surface area contributed by atoms with E-state index in [9.17, 15) is 9.59 Å². The number of hydrogen-bond donors (Lipinski definition) is 1. The Balaban J connectivity index is 1.72. The molecule has 0 amide bonds. The van der Waals surface area contributed by atoms with Gasteiger partial charge in [0.1, 0.15) is 0 Å². The lowest BCUT2D eigenvalue weighted by atomic mass is 9.92. The van der Waals surface area contributed by atoms with Crippen LogP contribution in [0.15, 0.2) is 48.5 Å². The lowest BCUT2D eigenvalue weighted by Crippen LogP contribution is -2.20. The van der Waals surface area contributed by atoms with Crippen molar-refractivity contribution in [2.24, 2.45) is 0 Å². The molecule has 0 saturated heterocycles. The number of ether oxygens (including phenoxy) is 2. The maximum absolute atomic E-state index is 11.9. The summed E-state index contributed by atoms with van der Waals surface area (Å²) in [6, 6.07) is 12.5. The van der Waals surface area contributed by atoms with Crippen molar-refractivity contribution in [1.82, 2.24) is 0 Å². The lowest BCUT2D eigenvalue weighted by molar-refractivity contribution is -0.111. The summed E-state index contributed by atoms with van der Waals surface area (Å²) in [4.78, 5) is 23.7. The van der Waals surface area contributed by atoms with Gasteiger partial charge in [0.05, 0.1) is 5.70 Å². The molecule has 108 valence electrons. The van der Waals surface area contributed by atoms with E-state index >= 15 is 0 Å². The van der Waals surface area contributed by atoms with E-state index in [4.69, 9.17) is 9.47 Å². The summed E-state index contributed by atoms with van der Waals surface area (Å²) in [6.07, 6.45) is 1.33. The first-order valence-corrected chi connectivity index (χ1v) is 6.79. The third-order valence-electron chi connectivity index (χ3n) is 3.61. The van der Waals surface area contributed by atoms with E-state index in [-0.39, 0.29) is 6.79 Å². The van der Waals surface area contributed by atoms with Gasteiger partial charge in [0.15, 0.2) is 11.5 Å². The fraction of sp³-hybridized carbons (Fsp3) is 0.0588. The zero-order valence-electron chi connectivity index (χ0n) is 11.5. The van der Waals surface area contributed by atoms with Gasteiger partial charge in [-0.1, -0.05) is 24.3 Å². The normalized spacial score (nSPS) is 15.4. The van der Waals surface area contributed by atoms with Crippen LogP contribution in [-0.4, -0.2) is 18.4 Å².